The van der Waals surface area contributed by atoms with Gasteiger partial charge in [0.2, 0.25) is 5.91 Å². The zero-order valence-corrected chi connectivity index (χ0v) is 12.6. The zero-order valence-electron chi connectivity index (χ0n) is 12.6. The number of hydrogen-bond donors (Lipinski definition) is 1. The first-order valence-electron chi connectivity index (χ1n) is 7.66. The molecular weight excluding hydrogens is 248 g/mol. The maximum absolute atomic E-state index is 12.2. The molecule has 2 N–H and O–H groups in total. The Hall–Kier alpha value is -1.35. The molecule has 110 valence electrons. The summed E-state index contributed by atoms with van der Waals surface area (Å²) in [5.41, 5.74) is 7.34. The van der Waals surface area contributed by atoms with Crippen molar-refractivity contribution in [2.75, 3.05) is 13.1 Å². The number of benzene rings is 1. The second-order valence-corrected chi connectivity index (χ2v) is 6.19. The second kappa shape index (κ2) is 6.89. The molecule has 0 aromatic heterocycles. The Morgan fingerprint density at radius 1 is 1.25 bits per heavy atom. The van der Waals surface area contributed by atoms with Crippen molar-refractivity contribution in [3.63, 3.8) is 0 Å². The molecule has 3 heteroatoms. The number of nitrogens with zero attached hydrogens (tertiary/aromatic N) is 1. The Morgan fingerprint density at radius 3 is 2.60 bits per heavy atom. The molecule has 1 saturated heterocycles. The fraction of sp³-hybridized carbons (Fsp3) is 0.588. The predicted octanol–water partition coefficient (Wildman–Crippen LogP) is 2.97. The molecular formula is C17H26N2O. The summed E-state index contributed by atoms with van der Waals surface area (Å²) < 4.78 is 0. The van der Waals surface area contributed by atoms with Crippen LogP contribution in [0.15, 0.2) is 30.3 Å². The van der Waals surface area contributed by atoms with E-state index in [9.17, 15) is 4.79 Å². The van der Waals surface area contributed by atoms with Crippen LogP contribution in [0.2, 0.25) is 0 Å². The van der Waals surface area contributed by atoms with Crippen molar-refractivity contribution < 1.29 is 4.79 Å². The van der Waals surface area contributed by atoms with Crippen LogP contribution in [0.1, 0.15) is 44.7 Å². The van der Waals surface area contributed by atoms with Gasteiger partial charge in [-0.05, 0) is 30.2 Å². The molecule has 1 heterocycles. The first-order chi connectivity index (χ1) is 9.58. The number of likely N-dealkylation sites (tertiary alicyclic amines) is 1. The predicted molar refractivity (Wildman–Crippen MR) is 82.1 cm³/mol. The van der Waals surface area contributed by atoms with Crippen molar-refractivity contribution in [3.05, 3.63) is 35.9 Å². The molecule has 2 rings (SSSR count). The lowest BCUT2D eigenvalue weighted by atomic mass is 9.89. The van der Waals surface area contributed by atoms with Crippen LogP contribution in [0.5, 0.6) is 0 Å². The van der Waals surface area contributed by atoms with E-state index in [1.807, 2.05) is 35.2 Å². The van der Waals surface area contributed by atoms with Crippen LogP contribution < -0.4 is 5.73 Å². The van der Waals surface area contributed by atoms with Crippen LogP contribution in [0.25, 0.3) is 0 Å². The topological polar surface area (TPSA) is 46.3 Å². The molecule has 1 aliphatic heterocycles. The summed E-state index contributed by atoms with van der Waals surface area (Å²) >= 11 is 0. The molecule has 0 radical (unpaired) electrons. The minimum absolute atomic E-state index is 0.0873. The van der Waals surface area contributed by atoms with Crippen molar-refractivity contribution in [1.82, 2.24) is 4.90 Å². The van der Waals surface area contributed by atoms with Crippen molar-refractivity contribution in [2.24, 2.45) is 17.6 Å². The normalized spacial score (nSPS) is 21.9. The zero-order chi connectivity index (χ0) is 14.5. The third-order valence-corrected chi connectivity index (χ3v) is 4.44. The van der Waals surface area contributed by atoms with E-state index in [0.29, 0.717) is 24.8 Å². The van der Waals surface area contributed by atoms with E-state index < -0.39 is 0 Å². The van der Waals surface area contributed by atoms with E-state index in [4.69, 9.17) is 5.73 Å². The first kappa shape index (κ1) is 15.0. The summed E-state index contributed by atoms with van der Waals surface area (Å²) in [6.07, 6.45) is 2.79. The van der Waals surface area contributed by atoms with Crippen LogP contribution in [-0.4, -0.2) is 23.9 Å². The molecule has 1 aromatic carbocycles. The van der Waals surface area contributed by atoms with Gasteiger partial charge in [0.25, 0.3) is 0 Å². The average Bonchev–Trinajstić information content (AvgIpc) is 2.63. The Labute approximate surface area is 122 Å². The number of nitrogens with two attached hydrogens (primary N) is 1. The summed E-state index contributed by atoms with van der Waals surface area (Å²) in [6, 6.07) is 9.95. The van der Waals surface area contributed by atoms with Gasteiger partial charge in [-0.15, -0.1) is 0 Å². The molecule has 1 fully saturated rings. The van der Waals surface area contributed by atoms with Crippen molar-refractivity contribution >= 4 is 5.91 Å². The Kier molecular flexibility index (Phi) is 5.18. The summed E-state index contributed by atoms with van der Waals surface area (Å²) in [5, 5.41) is 0. The molecule has 3 nitrogen and oxygen atoms in total. The minimum atomic E-state index is -0.0873. The largest absolute Gasteiger partial charge is 0.341 e. The van der Waals surface area contributed by atoms with Gasteiger partial charge >= 0.3 is 0 Å². The van der Waals surface area contributed by atoms with Gasteiger partial charge in [-0.1, -0.05) is 44.2 Å². The highest BCUT2D eigenvalue weighted by Crippen LogP contribution is 2.26. The standard InChI is InChI=1S/C17H26N2O/c1-13(2)14-8-9-17(20)19(11-10-14)12-16(18)15-6-4-3-5-7-15/h3-7,13-14,16H,8-12,18H2,1-2H3. The summed E-state index contributed by atoms with van der Waals surface area (Å²) in [5.74, 6) is 1.59. The molecule has 0 aliphatic carbocycles. The lowest BCUT2D eigenvalue weighted by Crippen LogP contribution is -2.36. The van der Waals surface area contributed by atoms with E-state index in [2.05, 4.69) is 13.8 Å². The molecule has 20 heavy (non-hydrogen) atoms. The lowest BCUT2D eigenvalue weighted by molar-refractivity contribution is -0.130. The van der Waals surface area contributed by atoms with Gasteiger partial charge in [0.05, 0.1) is 0 Å². The summed E-state index contributed by atoms with van der Waals surface area (Å²) in [7, 11) is 0. The first-order valence-corrected chi connectivity index (χ1v) is 7.66. The van der Waals surface area contributed by atoms with Crippen molar-refractivity contribution in [1.29, 1.82) is 0 Å². The second-order valence-electron chi connectivity index (χ2n) is 6.19. The van der Waals surface area contributed by atoms with Gasteiger partial charge in [-0.3, -0.25) is 4.79 Å². The van der Waals surface area contributed by atoms with E-state index >= 15 is 0 Å². The SMILES string of the molecule is CC(C)C1CCC(=O)N(CC(N)c2ccccc2)CC1. The molecule has 2 atom stereocenters. The number of rotatable bonds is 4. The third kappa shape index (κ3) is 3.83. The number of carbonyl (C=O) groups excluding carboxylic acids is 1. The van der Waals surface area contributed by atoms with E-state index in [0.717, 1.165) is 24.9 Å². The van der Waals surface area contributed by atoms with Gasteiger partial charge in [0, 0.05) is 25.6 Å². The van der Waals surface area contributed by atoms with Crippen molar-refractivity contribution in [3.8, 4) is 0 Å². The molecule has 1 aliphatic rings. The van der Waals surface area contributed by atoms with Gasteiger partial charge in [0.15, 0.2) is 0 Å². The summed E-state index contributed by atoms with van der Waals surface area (Å²) in [6.45, 7) is 5.98. The maximum Gasteiger partial charge on any atom is 0.222 e. The van der Waals surface area contributed by atoms with Gasteiger partial charge < -0.3 is 10.6 Å². The highest BCUT2D eigenvalue weighted by Gasteiger charge is 2.25. The van der Waals surface area contributed by atoms with Crippen LogP contribution in [-0.2, 0) is 4.79 Å². The van der Waals surface area contributed by atoms with Crippen LogP contribution in [0, 0.1) is 11.8 Å². The Bertz CT molecular complexity index is 430. The van der Waals surface area contributed by atoms with Gasteiger partial charge in [0.1, 0.15) is 0 Å². The summed E-state index contributed by atoms with van der Waals surface area (Å²) in [4.78, 5) is 14.2. The fourth-order valence-corrected chi connectivity index (χ4v) is 2.96. The molecule has 2 unspecified atom stereocenters. The number of amides is 1. The number of carbonyl (C=O) groups is 1. The number of hydrogen-bond acceptors (Lipinski definition) is 2. The minimum Gasteiger partial charge on any atom is -0.341 e. The van der Waals surface area contributed by atoms with E-state index in [1.165, 1.54) is 0 Å². The Balaban J connectivity index is 1.96. The highest BCUT2D eigenvalue weighted by molar-refractivity contribution is 5.76. The lowest BCUT2D eigenvalue weighted by Gasteiger charge is -2.25. The van der Waals surface area contributed by atoms with Crippen LogP contribution in [0.4, 0.5) is 0 Å². The van der Waals surface area contributed by atoms with Crippen molar-refractivity contribution in [2.45, 2.75) is 39.2 Å². The average molecular weight is 274 g/mol. The van der Waals surface area contributed by atoms with Crippen LogP contribution >= 0.6 is 0 Å². The van der Waals surface area contributed by atoms with Crippen LogP contribution in [0.3, 0.4) is 0 Å². The maximum atomic E-state index is 12.2. The van der Waals surface area contributed by atoms with Gasteiger partial charge in [-0.25, -0.2) is 0 Å². The Morgan fingerprint density at radius 2 is 1.95 bits per heavy atom. The highest BCUT2D eigenvalue weighted by atomic mass is 16.2. The molecule has 0 bridgehead atoms. The molecule has 0 spiro atoms. The molecule has 1 aromatic rings. The fourth-order valence-electron chi connectivity index (χ4n) is 2.96. The van der Waals surface area contributed by atoms with E-state index in [1.54, 1.807) is 0 Å². The van der Waals surface area contributed by atoms with Gasteiger partial charge in [-0.2, -0.15) is 0 Å². The quantitative estimate of drug-likeness (QED) is 0.917. The smallest absolute Gasteiger partial charge is 0.222 e. The monoisotopic (exact) mass is 274 g/mol. The van der Waals surface area contributed by atoms with E-state index in [-0.39, 0.29) is 11.9 Å². The molecule has 1 amide bonds. The molecule has 0 saturated carbocycles. The third-order valence-electron chi connectivity index (χ3n) is 4.44.